The molecule has 6 fully saturated rings. The average Bonchev–Trinajstić information content (AvgIpc) is 1.59. The van der Waals surface area contributed by atoms with Crippen molar-refractivity contribution in [2.24, 2.45) is 0 Å². The van der Waals surface area contributed by atoms with E-state index in [1.807, 2.05) is 104 Å². The van der Waals surface area contributed by atoms with E-state index in [0.29, 0.717) is 50.0 Å². The molecule has 4 aliphatic carbocycles. The second kappa shape index (κ2) is 40.6. The summed E-state index contributed by atoms with van der Waals surface area (Å²) in [5, 5.41) is 58.2. The van der Waals surface area contributed by atoms with Crippen LogP contribution in [-0.4, -0.2) is 97.4 Å². The number of rotatable bonds is 8. The minimum Gasteiger partial charge on any atom is -0.414 e. The molecule has 0 atom stereocenters. The molecule has 4 saturated carbocycles. The van der Waals surface area contributed by atoms with E-state index in [-0.39, 0.29) is 17.5 Å². The zero-order valence-corrected chi connectivity index (χ0v) is 68.9. The zero-order chi connectivity index (χ0) is 80.8. The highest BCUT2D eigenvalue weighted by atomic mass is 127. The van der Waals surface area contributed by atoms with Gasteiger partial charge in [0.1, 0.15) is 30.0 Å². The highest BCUT2D eigenvalue weighted by Gasteiger charge is 2.30. The molecule has 18 rings (SSSR count). The number of urea groups is 1. The minimum absolute atomic E-state index is 0.0747. The number of nitro groups is 1. The van der Waals surface area contributed by atoms with Crippen LogP contribution in [0.3, 0.4) is 0 Å². The third-order valence-electron chi connectivity index (χ3n) is 20.8. The third-order valence-corrected chi connectivity index (χ3v) is 22.6. The fraction of sp³-hybridized carbons (Fsp3) is 0.311. The van der Waals surface area contributed by atoms with Crippen LogP contribution >= 0.6 is 50.1 Å². The Morgan fingerprint density at radius 2 is 1.02 bits per heavy atom. The van der Waals surface area contributed by atoms with Gasteiger partial charge in [-0.25, -0.2) is 9.59 Å². The maximum absolute atomic E-state index is 12.5. The number of amides is 2. The molecule has 7 N–H and O–H groups in total. The number of nitrogen functional groups attached to an aromatic ring is 2. The molecule has 4 aromatic heterocycles. The molecular formula is C90H93BrClIN14O7. The number of nitriles is 4. The van der Waals surface area contributed by atoms with Crippen LogP contribution in [0, 0.1) is 86.7 Å². The van der Waals surface area contributed by atoms with Crippen LogP contribution in [0.15, 0.2) is 182 Å². The first-order valence-electron chi connectivity index (χ1n) is 38.5. The Balaban J connectivity index is 0.000000137. The van der Waals surface area contributed by atoms with Gasteiger partial charge in [0.05, 0.1) is 76.0 Å². The van der Waals surface area contributed by atoms with Gasteiger partial charge in [-0.05, 0) is 239 Å². The molecule has 0 spiro atoms. The summed E-state index contributed by atoms with van der Waals surface area (Å²) in [6.07, 6.45) is 19.0. The number of anilines is 3. The van der Waals surface area contributed by atoms with E-state index in [1.54, 1.807) is 11.1 Å². The summed E-state index contributed by atoms with van der Waals surface area (Å²) in [5.41, 5.74) is 29.1. The Hall–Kier alpha value is -11.0. The number of nitrogens with zero attached hydrogens (tertiary/aromatic N) is 9. The van der Waals surface area contributed by atoms with Crippen molar-refractivity contribution in [1.82, 2.24) is 28.9 Å². The number of morpholine rings is 2. The van der Waals surface area contributed by atoms with E-state index in [2.05, 4.69) is 172 Å². The van der Waals surface area contributed by atoms with Crippen molar-refractivity contribution in [2.45, 2.75) is 128 Å². The van der Waals surface area contributed by atoms with E-state index >= 15 is 0 Å². The standard InChI is InChI=1S/C25H26N4O2.C20H19N3.C14H14N2.C10H8N2.C7H4ClNO4.C6H6IN.C4H7Br.C4H9NO/c1-17-5-10-21-22(16-26)24(29(23(21)15-17)20-3-2-4-20)18-6-8-19(9-7-18)27-25(30)28-11-13-31-14-12-28;1-13-5-10-17-18(12-21)20(14-6-8-15(22)9-7-14)23(19(17)11-13)16-3-2-4-16;1-10-5-6-13-11(8-15)9-16(14(13)7-10)12-3-2-4-12;1-7-2-3-9-8(5-11)6-12-10(9)4-7;8-7(10)13-6-3-1-5(2-4-6)9(11)12;7-5-1-3-6(8)4-2-5;5-4-2-1-3-4;1-3-6-4-2-5-1/h5-10,15,20H,2-4,11-14H2,1H3,(H,27,30);5-11,16H,2-4,22H2,1H3;5-7,9,12H,2-4H2,1H3;2-4,6,12H,1H3;1-4H;1-4H,8H2;4H,1-3H2;5H,1-4H2. The fourth-order valence-corrected chi connectivity index (χ4v) is 14.9. The highest BCUT2D eigenvalue weighted by molar-refractivity contribution is 14.1. The van der Waals surface area contributed by atoms with Gasteiger partial charge in [-0.3, -0.25) is 10.1 Å². The van der Waals surface area contributed by atoms with Crippen molar-refractivity contribution in [3.8, 4) is 52.5 Å². The molecule has 12 aromatic rings. The number of carbonyl (C=O) groups excluding carboxylic acids is 2. The van der Waals surface area contributed by atoms with Gasteiger partial charge in [0, 0.05) is 138 Å². The lowest BCUT2D eigenvalue weighted by Crippen LogP contribution is -2.43. The van der Waals surface area contributed by atoms with E-state index in [1.165, 1.54) is 125 Å². The second-order valence-corrected chi connectivity index (χ2v) is 31.8. The first-order valence-corrected chi connectivity index (χ1v) is 40.8. The molecule has 21 nitrogen and oxygen atoms in total. The van der Waals surface area contributed by atoms with Gasteiger partial charge in [0.2, 0.25) is 0 Å². The number of ether oxygens (including phenoxy) is 3. The predicted octanol–water partition coefficient (Wildman–Crippen LogP) is 21.5. The number of aromatic amines is 1. The summed E-state index contributed by atoms with van der Waals surface area (Å²) in [5.74, 6) is 0.172. The number of nitrogens with one attached hydrogen (secondary N) is 3. The zero-order valence-electron chi connectivity index (χ0n) is 64.4. The maximum Gasteiger partial charge on any atom is 0.409 e. The summed E-state index contributed by atoms with van der Waals surface area (Å²) in [4.78, 5) is 38.1. The lowest BCUT2D eigenvalue weighted by Gasteiger charge is -2.30. The Kier molecular flexibility index (Phi) is 29.9. The van der Waals surface area contributed by atoms with Crippen LogP contribution in [0.25, 0.3) is 66.1 Å². The number of halogens is 3. The van der Waals surface area contributed by atoms with E-state index in [4.69, 9.17) is 43.1 Å². The number of hydrogen-bond acceptors (Lipinski definition) is 14. The molecule has 0 radical (unpaired) electrons. The molecule has 24 heteroatoms. The van der Waals surface area contributed by atoms with Gasteiger partial charge in [0.15, 0.2) is 0 Å². The van der Waals surface area contributed by atoms with Gasteiger partial charge in [-0.2, -0.15) is 21.0 Å². The Bertz CT molecular complexity index is 5460. The number of nitrogens with two attached hydrogens (primary N) is 2. The number of H-pyrrole nitrogens is 1. The minimum atomic E-state index is -0.978. The van der Waals surface area contributed by atoms with Crippen LogP contribution in [0.5, 0.6) is 5.75 Å². The number of non-ortho nitro benzene ring substituents is 1. The van der Waals surface area contributed by atoms with E-state index < -0.39 is 10.4 Å². The average molecular weight is 1730 g/mol. The van der Waals surface area contributed by atoms with Gasteiger partial charge in [-0.15, -0.1) is 0 Å². The number of nitro benzene ring substituents is 1. The van der Waals surface area contributed by atoms with Gasteiger partial charge < -0.3 is 59.9 Å². The summed E-state index contributed by atoms with van der Waals surface area (Å²) in [6.45, 7) is 14.5. The number of carbonyl (C=O) groups is 2. The Morgan fingerprint density at radius 3 is 1.43 bits per heavy atom. The summed E-state index contributed by atoms with van der Waals surface area (Å²) in [6, 6.07) is 64.3. The fourth-order valence-electron chi connectivity index (χ4n) is 13.8. The molecule has 0 unspecified atom stereocenters. The molecule has 2 aliphatic heterocycles. The van der Waals surface area contributed by atoms with Gasteiger partial charge >= 0.3 is 11.5 Å². The van der Waals surface area contributed by atoms with Crippen LogP contribution in [-0.2, 0) is 9.47 Å². The number of fused-ring (bicyclic) bond motifs is 4. The quantitative estimate of drug-likeness (QED) is 0.0236. The van der Waals surface area contributed by atoms with Crippen LogP contribution < -0.4 is 26.8 Å². The molecule has 0 bridgehead atoms. The Morgan fingerprint density at radius 1 is 0.570 bits per heavy atom. The number of aryl methyl sites for hydroxylation is 4. The van der Waals surface area contributed by atoms with E-state index in [9.17, 15) is 30.2 Å². The molecule has 2 amide bonds. The molecule has 6 heterocycles. The topological polar surface area (TPSA) is 310 Å². The van der Waals surface area contributed by atoms with Crippen molar-refractivity contribution >= 4 is 128 Å². The van der Waals surface area contributed by atoms with E-state index in [0.717, 1.165) is 133 Å². The summed E-state index contributed by atoms with van der Waals surface area (Å²) in [7, 11) is 0. The number of aromatic nitrogens is 4. The molecule has 2 saturated heterocycles. The third kappa shape index (κ3) is 21.6. The first kappa shape index (κ1) is 83.9. The largest absolute Gasteiger partial charge is 0.414 e. The monoisotopic (exact) mass is 1720 g/mol. The number of hydrogen-bond donors (Lipinski definition) is 5. The lowest BCUT2D eigenvalue weighted by atomic mass is 9.92. The van der Waals surface area contributed by atoms with Crippen LogP contribution in [0.2, 0.25) is 0 Å². The van der Waals surface area contributed by atoms with Crippen LogP contribution in [0.4, 0.5) is 32.3 Å². The van der Waals surface area contributed by atoms with Crippen molar-refractivity contribution in [2.75, 3.05) is 69.4 Å². The number of benzene rings is 8. The molecule has 8 aromatic carbocycles. The number of alkyl halides is 1. The highest BCUT2D eigenvalue weighted by Crippen LogP contribution is 2.45. The Labute approximate surface area is 691 Å². The molecule has 586 valence electrons. The van der Waals surface area contributed by atoms with Crippen LogP contribution in [0.1, 0.15) is 140 Å². The molecule has 114 heavy (non-hydrogen) atoms. The molecule has 6 aliphatic rings. The lowest BCUT2D eigenvalue weighted by molar-refractivity contribution is -0.384. The summed E-state index contributed by atoms with van der Waals surface area (Å²) >= 11 is 10.6. The van der Waals surface area contributed by atoms with Crippen molar-refractivity contribution in [3.05, 3.63) is 240 Å². The van der Waals surface area contributed by atoms with Gasteiger partial charge in [0.25, 0.3) is 5.69 Å². The predicted molar refractivity (Wildman–Crippen MR) is 466 cm³/mol. The van der Waals surface area contributed by atoms with Gasteiger partial charge in [-0.1, -0.05) is 95.1 Å². The van der Waals surface area contributed by atoms with Crippen molar-refractivity contribution in [1.29, 1.82) is 21.0 Å². The second-order valence-electron chi connectivity index (χ2n) is 28.9. The molecular weight excluding hydrogens is 1630 g/mol. The smallest absolute Gasteiger partial charge is 0.409 e. The van der Waals surface area contributed by atoms with Crippen molar-refractivity contribution in [3.63, 3.8) is 0 Å². The normalized spacial score (nSPS) is 14.9. The first-order chi connectivity index (χ1) is 55.2. The maximum atomic E-state index is 12.5. The summed E-state index contributed by atoms with van der Waals surface area (Å²) < 4.78 is 23.0. The van der Waals surface area contributed by atoms with Crippen molar-refractivity contribution < 1.29 is 28.7 Å². The SMILES string of the molecule is BrC1CCC1.C1COCCN1.Cc1ccc2c(C#N)c(-c3ccc(N)cc3)n(C3CCC3)c2c1.Cc1ccc2c(C#N)c(-c3ccc(NC(=O)N4CCOCC4)cc3)n(C3CCC3)c2c1.Cc1ccc2c(C#N)c[nH]c2c1.Cc1ccc2c(C#N)cn(C3CCC3)c2c1.Nc1ccc(I)cc1.O=C(Cl)Oc1ccc([N+](=O)[O-])cc1.